The third-order valence-corrected chi connectivity index (χ3v) is 2.77. The highest BCUT2D eigenvalue weighted by Crippen LogP contribution is 2.16. The number of rotatable bonds is 5. The Balaban J connectivity index is 2.78. The molecule has 0 bridgehead atoms. The minimum absolute atomic E-state index is 0.150. The zero-order chi connectivity index (χ0) is 16.2. The van der Waals surface area contributed by atoms with Crippen molar-refractivity contribution in [2.45, 2.75) is 33.7 Å². The Morgan fingerprint density at radius 2 is 1.86 bits per heavy atom. The molecule has 0 aromatic heterocycles. The Hall–Kier alpha value is -1.98. The summed E-state index contributed by atoms with van der Waals surface area (Å²) in [5.41, 5.74) is -0.546. The zero-order valence-corrected chi connectivity index (χ0v) is 12.5. The van der Waals surface area contributed by atoms with Gasteiger partial charge in [-0.15, -0.1) is 0 Å². The van der Waals surface area contributed by atoms with Crippen molar-refractivity contribution in [2.24, 2.45) is 5.92 Å². The molecule has 6 heteroatoms. The Labute approximate surface area is 122 Å². The second-order valence-corrected chi connectivity index (χ2v) is 5.27. The van der Waals surface area contributed by atoms with E-state index in [1.54, 1.807) is 0 Å². The fraction of sp³-hybridized carbons (Fsp3) is 0.467. The summed E-state index contributed by atoms with van der Waals surface area (Å²) >= 11 is 0. The molecule has 0 aliphatic heterocycles. The predicted molar refractivity (Wildman–Crippen MR) is 73.8 cm³/mol. The van der Waals surface area contributed by atoms with E-state index < -0.39 is 35.1 Å². The number of nitrogens with one attached hydrogen (secondary N) is 1. The molecule has 0 spiro atoms. The quantitative estimate of drug-likeness (QED) is 0.850. The van der Waals surface area contributed by atoms with Gasteiger partial charge in [-0.25, -0.2) is 13.6 Å². The van der Waals surface area contributed by atoms with E-state index in [-0.39, 0.29) is 18.1 Å². The summed E-state index contributed by atoms with van der Waals surface area (Å²) < 4.78 is 32.3. The topological polar surface area (TPSA) is 55.4 Å². The standard InChI is InChI=1S/C15H19F2NO3/c1-8(2)7-21-15(20)10(4)18-14(19)12-11(16)6-5-9(3)13(12)17/h5-6,8,10H,7H2,1-4H3,(H,18,19). The number of halogens is 2. The number of carbonyl (C=O) groups excluding carboxylic acids is 2. The molecule has 0 saturated heterocycles. The van der Waals surface area contributed by atoms with Crippen LogP contribution in [0.25, 0.3) is 0 Å². The van der Waals surface area contributed by atoms with Crippen molar-refractivity contribution in [3.8, 4) is 0 Å². The number of benzene rings is 1. The molecule has 1 aromatic carbocycles. The molecule has 0 heterocycles. The first-order valence-corrected chi connectivity index (χ1v) is 6.66. The van der Waals surface area contributed by atoms with Crippen LogP contribution in [0.1, 0.15) is 36.7 Å². The van der Waals surface area contributed by atoms with Gasteiger partial charge in [0, 0.05) is 0 Å². The van der Waals surface area contributed by atoms with Gasteiger partial charge in [-0.3, -0.25) is 4.79 Å². The van der Waals surface area contributed by atoms with E-state index in [4.69, 9.17) is 4.74 Å². The van der Waals surface area contributed by atoms with Crippen molar-refractivity contribution in [3.63, 3.8) is 0 Å². The minimum atomic E-state index is -0.990. The van der Waals surface area contributed by atoms with Crippen LogP contribution in [0.4, 0.5) is 8.78 Å². The third-order valence-electron chi connectivity index (χ3n) is 2.77. The van der Waals surface area contributed by atoms with Crippen LogP contribution >= 0.6 is 0 Å². The highest BCUT2D eigenvalue weighted by Gasteiger charge is 2.23. The number of hydrogen-bond acceptors (Lipinski definition) is 3. The molecule has 1 unspecified atom stereocenters. The molecule has 0 radical (unpaired) electrons. The van der Waals surface area contributed by atoms with Crippen LogP contribution < -0.4 is 5.32 Å². The van der Waals surface area contributed by atoms with Gasteiger partial charge in [-0.2, -0.15) is 0 Å². The van der Waals surface area contributed by atoms with E-state index in [2.05, 4.69) is 5.32 Å². The molecule has 0 fully saturated rings. The van der Waals surface area contributed by atoms with E-state index in [9.17, 15) is 18.4 Å². The summed E-state index contributed by atoms with van der Waals surface area (Å²) in [4.78, 5) is 23.5. The van der Waals surface area contributed by atoms with Crippen LogP contribution in [0.3, 0.4) is 0 Å². The van der Waals surface area contributed by atoms with Crippen LogP contribution in [0.5, 0.6) is 0 Å². The first kappa shape index (κ1) is 17.1. The molecule has 4 nitrogen and oxygen atoms in total. The second kappa shape index (κ2) is 7.15. The van der Waals surface area contributed by atoms with Crippen LogP contribution in [0.2, 0.25) is 0 Å². The summed E-state index contributed by atoms with van der Waals surface area (Å²) in [7, 11) is 0. The van der Waals surface area contributed by atoms with E-state index in [0.717, 1.165) is 6.07 Å². The van der Waals surface area contributed by atoms with Crippen LogP contribution in [0, 0.1) is 24.5 Å². The van der Waals surface area contributed by atoms with Crippen molar-refractivity contribution >= 4 is 11.9 Å². The minimum Gasteiger partial charge on any atom is -0.464 e. The first-order chi connectivity index (χ1) is 9.73. The summed E-state index contributed by atoms with van der Waals surface area (Å²) in [6.07, 6.45) is 0. The monoisotopic (exact) mass is 299 g/mol. The fourth-order valence-electron chi connectivity index (χ4n) is 1.57. The summed E-state index contributed by atoms with van der Waals surface area (Å²) in [6.45, 7) is 6.77. The van der Waals surface area contributed by atoms with Crippen molar-refractivity contribution in [2.75, 3.05) is 6.61 Å². The highest BCUT2D eigenvalue weighted by molar-refractivity contribution is 5.97. The SMILES string of the molecule is Cc1ccc(F)c(C(=O)NC(C)C(=O)OCC(C)C)c1F. The van der Waals surface area contributed by atoms with Crippen molar-refractivity contribution < 1.29 is 23.1 Å². The molecule has 0 aliphatic rings. The molecule has 1 amide bonds. The van der Waals surface area contributed by atoms with Gasteiger partial charge in [0.2, 0.25) is 0 Å². The summed E-state index contributed by atoms with van der Waals surface area (Å²) in [5.74, 6) is -3.38. The van der Waals surface area contributed by atoms with E-state index in [0.29, 0.717) is 0 Å². The van der Waals surface area contributed by atoms with Gasteiger partial charge in [-0.05, 0) is 31.4 Å². The number of ether oxygens (including phenoxy) is 1. The molecule has 0 aliphatic carbocycles. The van der Waals surface area contributed by atoms with Gasteiger partial charge in [0.25, 0.3) is 5.91 Å². The van der Waals surface area contributed by atoms with Gasteiger partial charge in [-0.1, -0.05) is 19.9 Å². The van der Waals surface area contributed by atoms with Crippen LogP contribution in [-0.4, -0.2) is 24.5 Å². The summed E-state index contributed by atoms with van der Waals surface area (Å²) in [6, 6.07) is 1.26. The molecular formula is C15H19F2NO3. The van der Waals surface area contributed by atoms with Gasteiger partial charge < -0.3 is 10.1 Å². The number of esters is 1. The Kier molecular flexibility index (Phi) is 5.81. The molecule has 1 atom stereocenters. The highest BCUT2D eigenvalue weighted by atomic mass is 19.1. The lowest BCUT2D eigenvalue weighted by Crippen LogP contribution is -2.40. The van der Waals surface area contributed by atoms with Crippen LogP contribution in [0.15, 0.2) is 12.1 Å². The molecule has 1 aromatic rings. The summed E-state index contributed by atoms with van der Waals surface area (Å²) in [5, 5.41) is 2.24. The Bertz CT molecular complexity index is 544. The maximum absolute atomic E-state index is 13.8. The Morgan fingerprint density at radius 3 is 2.43 bits per heavy atom. The molecule has 1 N–H and O–H groups in total. The number of aryl methyl sites for hydroxylation is 1. The Morgan fingerprint density at radius 1 is 1.24 bits per heavy atom. The fourth-order valence-corrected chi connectivity index (χ4v) is 1.57. The first-order valence-electron chi connectivity index (χ1n) is 6.66. The normalized spacial score (nSPS) is 12.1. The largest absolute Gasteiger partial charge is 0.464 e. The smallest absolute Gasteiger partial charge is 0.328 e. The molecule has 0 saturated carbocycles. The lowest BCUT2D eigenvalue weighted by atomic mass is 10.1. The van der Waals surface area contributed by atoms with Gasteiger partial charge >= 0.3 is 5.97 Å². The lowest BCUT2D eigenvalue weighted by Gasteiger charge is -2.15. The molecule has 1 rings (SSSR count). The van der Waals surface area contributed by atoms with Crippen molar-refractivity contribution in [3.05, 3.63) is 34.9 Å². The van der Waals surface area contributed by atoms with Gasteiger partial charge in [0.05, 0.1) is 6.61 Å². The van der Waals surface area contributed by atoms with E-state index in [1.807, 2.05) is 13.8 Å². The second-order valence-electron chi connectivity index (χ2n) is 5.27. The zero-order valence-electron chi connectivity index (χ0n) is 12.5. The third kappa shape index (κ3) is 4.51. The van der Waals surface area contributed by atoms with Crippen molar-refractivity contribution in [1.82, 2.24) is 5.32 Å². The van der Waals surface area contributed by atoms with Gasteiger partial charge in [0.1, 0.15) is 23.2 Å². The molecule has 116 valence electrons. The average Bonchev–Trinajstić information content (AvgIpc) is 2.40. The number of hydrogen-bond donors (Lipinski definition) is 1. The molecule has 21 heavy (non-hydrogen) atoms. The maximum Gasteiger partial charge on any atom is 0.328 e. The van der Waals surface area contributed by atoms with Gasteiger partial charge in [0.15, 0.2) is 0 Å². The number of carbonyl (C=O) groups is 2. The molecular weight excluding hydrogens is 280 g/mol. The number of amides is 1. The lowest BCUT2D eigenvalue weighted by molar-refractivity contribution is -0.146. The van der Waals surface area contributed by atoms with Crippen LogP contribution in [-0.2, 0) is 9.53 Å². The predicted octanol–water partition coefficient (Wildman–Crippen LogP) is 2.59. The van der Waals surface area contributed by atoms with E-state index in [1.165, 1.54) is 19.9 Å². The average molecular weight is 299 g/mol. The van der Waals surface area contributed by atoms with E-state index >= 15 is 0 Å². The van der Waals surface area contributed by atoms with Crippen molar-refractivity contribution in [1.29, 1.82) is 0 Å². The maximum atomic E-state index is 13.8.